The minimum atomic E-state index is -6.16. The van der Waals surface area contributed by atoms with Crippen molar-refractivity contribution < 1.29 is 59.3 Å². The number of fused-ring (bicyclic) bond motifs is 1. The first-order chi connectivity index (χ1) is 18.4. The first kappa shape index (κ1) is 30.0. The Hall–Kier alpha value is -2.95. The Balaban J connectivity index is 1.80. The molecule has 0 aliphatic carbocycles. The summed E-state index contributed by atoms with van der Waals surface area (Å²) in [6, 6.07) is 3.73. The lowest BCUT2D eigenvalue weighted by molar-refractivity contribution is -0.376. The Kier molecular flexibility index (Phi) is 7.62. The number of β-amino-alcohol motifs (C(OH)–C–C–N with tert-alkyl or cyclic N) is 2. The van der Waals surface area contributed by atoms with Crippen molar-refractivity contribution >= 4 is 21.6 Å². The smallest absolute Gasteiger partial charge is 0.388 e. The molecule has 220 valence electrons. The second-order valence-corrected chi connectivity index (χ2v) is 11.4. The first-order valence-electron chi connectivity index (χ1n) is 11.8. The Morgan fingerprint density at radius 1 is 0.925 bits per heavy atom. The van der Waals surface area contributed by atoms with Gasteiger partial charge in [-0.15, -0.1) is 0 Å². The summed E-state index contributed by atoms with van der Waals surface area (Å²) >= 11 is 0. The molecule has 2 heterocycles. The molecule has 1 fully saturated rings. The minimum absolute atomic E-state index is 0.224. The maximum absolute atomic E-state index is 13.7. The van der Waals surface area contributed by atoms with E-state index < -0.39 is 74.8 Å². The van der Waals surface area contributed by atoms with Crippen LogP contribution in [0.1, 0.15) is 24.0 Å². The molecule has 4 rings (SSSR count). The molecule has 16 heteroatoms. The number of carbonyl (C=O) groups is 1. The summed E-state index contributed by atoms with van der Waals surface area (Å²) in [6.45, 7) is -0.463. The van der Waals surface area contributed by atoms with Crippen LogP contribution in [-0.2, 0) is 26.8 Å². The van der Waals surface area contributed by atoms with Gasteiger partial charge in [-0.1, -0.05) is 12.1 Å². The van der Waals surface area contributed by atoms with Crippen LogP contribution in [0.15, 0.2) is 47.4 Å². The van der Waals surface area contributed by atoms with Gasteiger partial charge in [0.1, 0.15) is 5.82 Å². The van der Waals surface area contributed by atoms with Gasteiger partial charge in [-0.3, -0.25) is 9.10 Å². The van der Waals surface area contributed by atoms with Crippen LogP contribution in [-0.4, -0.2) is 78.2 Å². The van der Waals surface area contributed by atoms with Gasteiger partial charge in [0.15, 0.2) is 0 Å². The van der Waals surface area contributed by atoms with Crippen molar-refractivity contribution in [1.82, 2.24) is 4.90 Å². The van der Waals surface area contributed by atoms with Crippen LogP contribution in [0.3, 0.4) is 0 Å². The van der Waals surface area contributed by atoms with Crippen LogP contribution in [0.25, 0.3) is 0 Å². The molecule has 0 saturated carbocycles. The number of likely N-dealkylation sites (tertiary alicyclic amines) is 1. The second-order valence-electron chi connectivity index (χ2n) is 9.63. The SMILES string of the molecule is O=C(CC1CCc2cc(C(O)(C(F)(F)F)C(F)(F)F)ccc2N1S(=O)(=O)c1ccc(F)cc1)N1CC(O)C(O)C1. The molecule has 8 nitrogen and oxygen atoms in total. The summed E-state index contributed by atoms with van der Waals surface area (Å²) in [6.07, 6.45) is -15.8. The molecular formula is C24H23F7N2O6S. The van der Waals surface area contributed by atoms with Crippen LogP contribution in [0.2, 0.25) is 0 Å². The molecule has 0 radical (unpaired) electrons. The summed E-state index contributed by atoms with van der Waals surface area (Å²) in [5, 5.41) is 29.3. The number of alkyl halides is 6. The van der Waals surface area contributed by atoms with E-state index in [-0.39, 0.29) is 37.2 Å². The molecule has 0 bridgehead atoms. The van der Waals surface area contributed by atoms with Gasteiger partial charge in [-0.05, 0) is 48.7 Å². The van der Waals surface area contributed by atoms with Gasteiger partial charge in [0.25, 0.3) is 15.6 Å². The highest BCUT2D eigenvalue weighted by Crippen LogP contribution is 2.51. The maximum Gasteiger partial charge on any atom is 0.430 e. The number of nitrogens with zero attached hydrogens (tertiary/aromatic N) is 2. The van der Waals surface area contributed by atoms with Gasteiger partial charge in [-0.2, -0.15) is 26.3 Å². The summed E-state index contributed by atoms with van der Waals surface area (Å²) in [4.78, 5) is 13.6. The quantitative estimate of drug-likeness (QED) is 0.455. The predicted molar refractivity (Wildman–Crippen MR) is 124 cm³/mol. The molecule has 1 amide bonds. The second kappa shape index (κ2) is 10.2. The van der Waals surface area contributed by atoms with Gasteiger partial charge in [0.2, 0.25) is 5.91 Å². The fraction of sp³-hybridized carbons (Fsp3) is 0.458. The van der Waals surface area contributed by atoms with Gasteiger partial charge in [0.05, 0.1) is 28.8 Å². The molecule has 2 aromatic rings. The Morgan fingerprint density at radius 2 is 1.48 bits per heavy atom. The van der Waals surface area contributed by atoms with Gasteiger partial charge in [0, 0.05) is 25.1 Å². The minimum Gasteiger partial charge on any atom is -0.388 e. The van der Waals surface area contributed by atoms with Gasteiger partial charge in [-0.25, -0.2) is 12.8 Å². The van der Waals surface area contributed by atoms with Crippen molar-refractivity contribution in [3.63, 3.8) is 0 Å². The van der Waals surface area contributed by atoms with E-state index >= 15 is 0 Å². The van der Waals surface area contributed by atoms with Gasteiger partial charge >= 0.3 is 12.4 Å². The average Bonchev–Trinajstić information content (AvgIpc) is 3.20. The van der Waals surface area contributed by atoms with Crippen LogP contribution in [0, 0.1) is 5.82 Å². The van der Waals surface area contributed by atoms with Crippen molar-refractivity contribution in [2.75, 3.05) is 17.4 Å². The van der Waals surface area contributed by atoms with E-state index in [1.165, 1.54) is 0 Å². The third kappa shape index (κ3) is 5.12. The zero-order chi connectivity index (χ0) is 29.8. The number of aliphatic hydroxyl groups excluding tert-OH is 2. The van der Waals surface area contributed by atoms with E-state index in [1.54, 1.807) is 0 Å². The van der Waals surface area contributed by atoms with Crippen molar-refractivity contribution in [3.05, 3.63) is 59.4 Å². The van der Waals surface area contributed by atoms with Crippen molar-refractivity contribution in [3.8, 4) is 0 Å². The number of anilines is 1. The predicted octanol–water partition coefficient (Wildman–Crippen LogP) is 2.60. The number of hydrogen-bond donors (Lipinski definition) is 3. The lowest BCUT2D eigenvalue weighted by atomic mass is 9.87. The molecule has 1 saturated heterocycles. The molecule has 3 N–H and O–H groups in total. The topological polar surface area (TPSA) is 118 Å². The number of hydrogen-bond acceptors (Lipinski definition) is 6. The molecule has 3 unspecified atom stereocenters. The van der Waals surface area contributed by atoms with Gasteiger partial charge < -0.3 is 20.2 Å². The number of rotatable bonds is 5. The average molecular weight is 601 g/mol. The first-order valence-corrected chi connectivity index (χ1v) is 13.2. The van der Waals surface area contributed by atoms with Crippen LogP contribution < -0.4 is 4.31 Å². The molecule has 2 aliphatic rings. The Labute approximate surface area is 223 Å². The Bertz CT molecular complexity index is 1360. The van der Waals surface area contributed by atoms with Crippen molar-refractivity contribution in [2.45, 2.75) is 60.4 Å². The summed E-state index contributed by atoms with van der Waals surface area (Å²) in [7, 11) is -4.65. The normalized spacial score (nSPS) is 22.4. The standard InChI is InChI=1S/C24H23F7N2O6S/c25-15-3-6-17(7-4-15)40(38,39)33-16(10-21(36)32-11-19(34)20(35)12-32)5-1-13-9-14(2-8-18(13)33)22(37,23(26,27)28)24(29,30)31/h2-4,6-9,16,19-20,34-35,37H,1,5,10-12H2. The van der Waals surface area contributed by atoms with E-state index in [0.29, 0.717) is 22.5 Å². The number of carbonyl (C=O) groups excluding carboxylic acids is 1. The zero-order valence-electron chi connectivity index (χ0n) is 20.3. The number of aryl methyl sites for hydroxylation is 1. The van der Waals surface area contributed by atoms with E-state index in [0.717, 1.165) is 29.2 Å². The molecule has 0 aromatic heterocycles. The summed E-state index contributed by atoms with van der Waals surface area (Å²) in [5.41, 5.74) is -7.41. The van der Waals surface area contributed by atoms with Crippen LogP contribution in [0.4, 0.5) is 36.4 Å². The largest absolute Gasteiger partial charge is 0.430 e. The maximum atomic E-state index is 13.7. The number of benzene rings is 2. The highest BCUT2D eigenvalue weighted by atomic mass is 32.2. The number of amides is 1. The molecular weight excluding hydrogens is 577 g/mol. The molecule has 40 heavy (non-hydrogen) atoms. The number of sulfonamides is 1. The van der Waals surface area contributed by atoms with Crippen LogP contribution >= 0.6 is 0 Å². The van der Waals surface area contributed by atoms with E-state index in [1.807, 2.05) is 0 Å². The lowest BCUT2D eigenvalue weighted by Gasteiger charge is -2.39. The molecule has 0 spiro atoms. The van der Waals surface area contributed by atoms with E-state index in [2.05, 4.69) is 0 Å². The molecule has 3 atom stereocenters. The van der Waals surface area contributed by atoms with Crippen LogP contribution in [0.5, 0.6) is 0 Å². The fourth-order valence-electron chi connectivity index (χ4n) is 4.88. The van der Waals surface area contributed by atoms with E-state index in [9.17, 15) is 59.3 Å². The monoisotopic (exact) mass is 600 g/mol. The molecule has 2 aliphatic heterocycles. The Morgan fingerprint density at radius 3 is 2.00 bits per heavy atom. The van der Waals surface area contributed by atoms with Crippen molar-refractivity contribution in [1.29, 1.82) is 0 Å². The third-order valence-corrected chi connectivity index (χ3v) is 8.91. The van der Waals surface area contributed by atoms with Crippen molar-refractivity contribution in [2.24, 2.45) is 0 Å². The molecule has 2 aromatic carbocycles. The van der Waals surface area contributed by atoms with E-state index in [4.69, 9.17) is 0 Å². The highest BCUT2D eigenvalue weighted by molar-refractivity contribution is 7.92. The zero-order valence-corrected chi connectivity index (χ0v) is 21.1. The number of halogens is 7. The highest BCUT2D eigenvalue weighted by Gasteiger charge is 2.71. The summed E-state index contributed by atoms with van der Waals surface area (Å²) in [5.74, 6) is -1.44. The number of aliphatic hydroxyl groups is 3. The third-order valence-electron chi connectivity index (χ3n) is 7.03. The summed E-state index contributed by atoms with van der Waals surface area (Å²) < 4.78 is 122. The lowest BCUT2D eigenvalue weighted by Crippen LogP contribution is -2.54. The fourth-order valence-corrected chi connectivity index (χ4v) is 6.60.